The lowest BCUT2D eigenvalue weighted by Crippen LogP contribution is -2.26. The van der Waals surface area contributed by atoms with Gasteiger partial charge in [-0.15, -0.1) is 0 Å². The van der Waals surface area contributed by atoms with Crippen LogP contribution in [0.3, 0.4) is 0 Å². The van der Waals surface area contributed by atoms with Gasteiger partial charge in [-0.05, 0) is 42.8 Å². The Labute approximate surface area is 132 Å². The fraction of sp³-hybridized carbons (Fsp3) is 0.235. The molecular weight excluding hydrogens is 307 g/mol. The number of nitrogens with one attached hydrogen (secondary N) is 1. The highest BCUT2D eigenvalue weighted by molar-refractivity contribution is 5.94. The predicted octanol–water partition coefficient (Wildman–Crippen LogP) is 4.21. The highest BCUT2D eigenvalue weighted by Gasteiger charge is 2.30. The molecule has 0 fully saturated rings. The zero-order valence-electron chi connectivity index (χ0n) is 12.6. The van der Waals surface area contributed by atoms with Crippen molar-refractivity contribution in [1.82, 2.24) is 5.32 Å². The zero-order valence-corrected chi connectivity index (χ0v) is 12.6. The molecule has 2 aromatic rings. The first-order valence-electron chi connectivity index (χ1n) is 6.93. The number of hydrogen-bond acceptors (Lipinski definition) is 2. The number of carbonyl (C=O) groups excluding carboxylic acids is 1. The van der Waals surface area contributed by atoms with E-state index in [2.05, 4.69) is 5.32 Å². The second-order valence-corrected chi connectivity index (χ2v) is 5.05. The molecule has 0 heterocycles. The number of alkyl halides is 3. The van der Waals surface area contributed by atoms with Crippen molar-refractivity contribution in [2.24, 2.45) is 0 Å². The van der Waals surface area contributed by atoms with Crippen LogP contribution in [-0.2, 0) is 6.18 Å². The molecule has 122 valence electrons. The van der Waals surface area contributed by atoms with Crippen molar-refractivity contribution in [1.29, 1.82) is 0 Å². The van der Waals surface area contributed by atoms with Gasteiger partial charge in [-0.3, -0.25) is 4.79 Å². The van der Waals surface area contributed by atoms with Gasteiger partial charge in [-0.25, -0.2) is 0 Å². The Morgan fingerprint density at radius 2 is 1.83 bits per heavy atom. The fourth-order valence-corrected chi connectivity index (χ4v) is 2.11. The van der Waals surface area contributed by atoms with E-state index in [9.17, 15) is 18.0 Å². The minimum atomic E-state index is -4.41. The minimum Gasteiger partial charge on any atom is -0.497 e. The summed E-state index contributed by atoms with van der Waals surface area (Å²) in [5.74, 6) is 0.151. The summed E-state index contributed by atoms with van der Waals surface area (Å²) in [4.78, 5) is 12.2. The van der Waals surface area contributed by atoms with Crippen LogP contribution >= 0.6 is 0 Å². The predicted molar refractivity (Wildman–Crippen MR) is 80.3 cm³/mol. The van der Waals surface area contributed by atoms with Crippen molar-refractivity contribution >= 4 is 5.91 Å². The second-order valence-electron chi connectivity index (χ2n) is 5.05. The van der Waals surface area contributed by atoms with Gasteiger partial charge >= 0.3 is 6.18 Å². The summed E-state index contributed by atoms with van der Waals surface area (Å²) >= 11 is 0. The minimum absolute atomic E-state index is 0.378. The van der Waals surface area contributed by atoms with E-state index in [0.717, 1.165) is 12.1 Å². The molecule has 0 aliphatic rings. The lowest BCUT2D eigenvalue weighted by atomic mass is 10.0. The Kier molecular flexibility index (Phi) is 4.93. The molecule has 0 saturated carbocycles. The van der Waals surface area contributed by atoms with Crippen molar-refractivity contribution in [3.63, 3.8) is 0 Å². The summed E-state index contributed by atoms with van der Waals surface area (Å²) in [6, 6.07) is 10.9. The van der Waals surface area contributed by atoms with E-state index in [-0.39, 0.29) is 5.91 Å². The Bertz CT molecular complexity index is 698. The number of amides is 1. The maximum atomic E-state index is 12.7. The molecule has 1 N–H and O–H groups in total. The molecule has 2 aromatic carbocycles. The van der Waals surface area contributed by atoms with Gasteiger partial charge < -0.3 is 10.1 Å². The molecule has 1 atom stereocenters. The van der Waals surface area contributed by atoms with Gasteiger partial charge in [-0.2, -0.15) is 13.2 Å². The maximum Gasteiger partial charge on any atom is 0.416 e. The normalized spacial score (nSPS) is 12.6. The topological polar surface area (TPSA) is 38.3 Å². The molecule has 0 radical (unpaired) electrons. The summed E-state index contributed by atoms with van der Waals surface area (Å²) < 4.78 is 43.3. The number of methoxy groups -OCH3 is 1. The van der Waals surface area contributed by atoms with Crippen LogP contribution in [0.1, 0.15) is 34.5 Å². The van der Waals surface area contributed by atoms with E-state index in [1.807, 2.05) is 0 Å². The largest absolute Gasteiger partial charge is 0.497 e. The van der Waals surface area contributed by atoms with Crippen molar-refractivity contribution in [3.05, 3.63) is 65.2 Å². The molecule has 0 spiro atoms. The van der Waals surface area contributed by atoms with Crippen molar-refractivity contribution < 1.29 is 22.7 Å². The van der Waals surface area contributed by atoms with Gasteiger partial charge in [0.25, 0.3) is 5.91 Å². The van der Waals surface area contributed by atoms with E-state index in [1.165, 1.54) is 13.2 Å². The molecule has 6 heteroatoms. The molecule has 0 bridgehead atoms. The third kappa shape index (κ3) is 4.25. The third-order valence-electron chi connectivity index (χ3n) is 3.39. The van der Waals surface area contributed by atoms with Gasteiger partial charge in [-0.1, -0.05) is 18.2 Å². The molecule has 0 aliphatic carbocycles. The van der Waals surface area contributed by atoms with Gasteiger partial charge in [0, 0.05) is 5.56 Å². The number of benzene rings is 2. The van der Waals surface area contributed by atoms with Crippen LogP contribution in [0.25, 0.3) is 0 Å². The maximum absolute atomic E-state index is 12.7. The van der Waals surface area contributed by atoms with E-state index in [0.29, 0.717) is 16.9 Å². The molecule has 3 nitrogen and oxygen atoms in total. The van der Waals surface area contributed by atoms with E-state index < -0.39 is 17.8 Å². The zero-order chi connectivity index (χ0) is 17.0. The van der Waals surface area contributed by atoms with Crippen LogP contribution in [0.15, 0.2) is 48.5 Å². The van der Waals surface area contributed by atoms with E-state index >= 15 is 0 Å². The molecule has 23 heavy (non-hydrogen) atoms. The standard InChI is InChI=1S/C17H16F3NO2/c1-11(12-5-3-7-14(9-12)17(18,19)20)21-16(22)13-6-4-8-15(10-13)23-2/h3-11H,1-2H3,(H,21,22)/t11-/m1/s1. The second kappa shape index (κ2) is 6.73. The fourth-order valence-electron chi connectivity index (χ4n) is 2.11. The number of carbonyl (C=O) groups is 1. The molecule has 0 unspecified atom stereocenters. The smallest absolute Gasteiger partial charge is 0.416 e. The van der Waals surface area contributed by atoms with Crippen molar-refractivity contribution in [3.8, 4) is 5.75 Å². The van der Waals surface area contributed by atoms with E-state index in [4.69, 9.17) is 4.74 Å². The van der Waals surface area contributed by atoms with Crippen LogP contribution in [-0.4, -0.2) is 13.0 Å². The molecule has 0 aliphatic heterocycles. The van der Waals surface area contributed by atoms with Crippen LogP contribution in [0.2, 0.25) is 0 Å². The number of halogens is 3. The van der Waals surface area contributed by atoms with Gasteiger partial charge in [0.1, 0.15) is 5.75 Å². The summed E-state index contributed by atoms with van der Waals surface area (Å²) in [6.07, 6.45) is -4.41. The summed E-state index contributed by atoms with van der Waals surface area (Å²) in [6.45, 7) is 1.63. The lowest BCUT2D eigenvalue weighted by Gasteiger charge is -2.16. The Balaban J connectivity index is 2.15. The summed E-state index contributed by atoms with van der Waals surface area (Å²) in [7, 11) is 1.49. The first-order valence-corrected chi connectivity index (χ1v) is 6.93. The van der Waals surface area contributed by atoms with Crippen LogP contribution in [0.4, 0.5) is 13.2 Å². The highest BCUT2D eigenvalue weighted by atomic mass is 19.4. The highest BCUT2D eigenvalue weighted by Crippen LogP contribution is 2.30. The van der Waals surface area contributed by atoms with Crippen LogP contribution in [0, 0.1) is 0 Å². The number of ether oxygens (including phenoxy) is 1. The average molecular weight is 323 g/mol. The van der Waals surface area contributed by atoms with Crippen LogP contribution in [0.5, 0.6) is 5.75 Å². The number of rotatable bonds is 4. The molecule has 1 amide bonds. The molecule has 2 rings (SSSR count). The van der Waals surface area contributed by atoms with Gasteiger partial charge in [0.15, 0.2) is 0 Å². The Hall–Kier alpha value is -2.50. The van der Waals surface area contributed by atoms with Crippen LogP contribution < -0.4 is 10.1 Å². The summed E-state index contributed by atoms with van der Waals surface area (Å²) in [5, 5.41) is 2.68. The lowest BCUT2D eigenvalue weighted by molar-refractivity contribution is -0.137. The Morgan fingerprint density at radius 1 is 1.13 bits per heavy atom. The first-order chi connectivity index (χ1) is 10.8. The summed E-state index contributed by atoms with van der Waals surface area (Å²) in [5.41, 5.74) is 0.0247. The van der Waals surface area contributed by atoms with Gasteiger partial charge in [0.05, 0.1) is 18.7 Å². The quantitative estimate of drug-likeness (QED) is 0.915. The average Bonchev–Trinajstić information content (AvgIpc) is 2.54. The van der Waals surface area contributed by atoms with Gasteiger partial charge in [0.2, 0.25) is 0 Å². The molecule has 0 saturated heterocycles. The molecular formula is C17H16F3NO2. The number of hydrogen-bond donors (Lipinski definition) is 1. The van der Waals surface area contributed by atoms with Crippen molar-refractivity contribution in [2.75, 3.05) is 7.11 Å². The monoisotopic (exact) mass is 323 g/mol. The third-order valence-corrected chi connectivity index (χ3v) is 3.39. The molecule has 0 aromatic heterocycles. The SMILES string of the molecule is COc1cccc(C(=O)N[C@H](C)c2cccc(C(F)(F)F)c2)c1. The Morgan fingerprint density at radius 3 is 2.48 bits per heavy atom. The van der Waals surface area contributed by atoms with Crippen molar-refractivity contribution in [2.45, 2.75) is 19.1 Å². The first kappa shape index (κ1) is 16.9. The van der Waals surface area contributed by atoms with E-state index in [1.54, 1.807) is 37.3 Å².